The first-order valence-corrected chi connectivity index (χ1v) is 6.71. The van der Waals surface area contributed by atoms with Crippen LogP contribution in [0, 0.1) is 5.92 Å². The molecule has 0 unspecified atom stereocenters. The molecule has 1 fully saturated rings. The molecule has 0 radical (unpaired) electrons. The van der Waals surface area contributed by atoms with Crippen LogP contribution in [0.1, 0.15) is 32.1 Å². The molecular formula is C13H28N2O. The number of nitrogens with one attached hydrogen (secondary N) is 1. The van der Waals surface area contributed by atoms with Gasteiger partial charge in [0, 0.05) is 20.2 Å². The summed E-state index contributed by atoms with van der Waals surface area (Å²) in [7, 11) is 4.00. The molecule has 0 bridgehead atoms. The molecule has 16 heavy (non-hydrogen) atoms. The predicted molar refractivity (Wildman–Crippen MR) is 68.8 cm³/mol. The molecule has 1 aliphatic rings. The van der Waals surface area contributed by atoms with Gasteiger partial charge in [0.05, 0.1) is 6.61 Å². The summed E-state index contributed by atoms with van der Waals surface area (Å²) in [6.07, 6.45) is 7.06. The fraction of sp³-hybridized carbons (Fsp3) is 1.00. The molecule has 96 valence electrons. The van der Waals surface area contributed by atoms with Crippen LogP contribution in [0.3, 0.4) is 0 Å². The molecule has 1 aliphatic carbocycles. The Balaban J connectivity index is 1.87. The smallest absolute Gasteiger partial charge is 0.0587 e. The number of hydrogen-bond acceptors (Lipinski definition) is 3. The zero-order chi connectivity index (χ0) is 11.6. The summed E-state index contributed by atoms with van der Waals surface area (Å²) in [4.78, 5) is 2.49. The topological polar surface area (TPSA) is 24.5 Å². The van der Waals surface area contributed by atoms with Crippen molar-refractivity contribution in [1.29, 1.82) is 0 Å². The minimum absolute atomic E-state index is 0.817. The lowest BCUT2D eigenvalue weighted by molar-refractivity contribution is 0.198. The van der Waals surface area contributed by atoms with Crippen molar-refractivity contribution in [3.63, 3.8) is 0 Å². The summed E-state index contributed by atoms with van der Waals surface area (Å²) in [5, 5.41) is 3.38. The Morgan fingerprint density at radius 2 is 2.00 bits per heavy atom. The maximum absolute atomic E-state index is 4.99. The molecule has 0 heterocycles. The highest BCUT2D eigenvalue weighted by atomic mass is 16.5. The summed E-state index contributed by atoms with van der Waals surface area (Å²) in [5.41, 5.74) is 0. The Morgan fingerprint density at radius 1 is 1.25 bits per heavy atom. The van der Waals surface area contributed by atoms with E-state index in [4.69, 9.17) is 4.74 Å². The second-order valence-corrected chi connectivity index (χ2v) is 5.01. The molecule has 1 rings (SSSR count). The first-order chi connectivity index (χ1) is 7.83. The van der Waals surface area contributed by atoms with Gasteiger partial charge >= 0.3 is 0 Å². The van der Waals surface area contributed by atoms with Gasteiger partial charge in [-0.15, -0.1) is 0 Å². The number of hydrogen-bond donors (Lipinski definition) is 1. The quantitative estimate of drug-likeness (QED) is 0.608. The summed E-state index contributed by atoms with van der Waals surface area (Å²) in [5.74, 6) is 0.978. The molecule has 0 aromatic heterocycles. The molecule has 1 N–H and O–H groups in total. The molecule has 3 heteroatoms. The van der Waals surface area contributed by atoms with Gasteiger partial charge in [0.15, 0.2) is 0 Å². The van der Waals surface area contributed by atoms with Gasteiger partial charge < -0.3 is 15.0 Å². The van der Waals surface area contributed by atoms with Crippen LogP contribution in [-0.4, -0.2) is 51.8 Å². The Hall–Kier alpha value is -0.120. The van der Waals surface area contributed by atoms with E-state index in [2.05, 4.69) is 17.3 Å². The molecule has 1 saturated carbocycles. The summed E-state index contributed by atoms with van der Waals surface area (Å²) >= 11 is 0. The molecule has 0 aromatic rings. The van der Waals surface area contributed by atoms with Crippen LogP contribution < -0.4 is 5.32 Å². The maximum Gasteiger partial charge on any atom is 0.0587 e. The van der Waals surface area contributed by atoms with E-state index < -0.39 is 0 Å². The van der Waals surface area contributed by atoms with Crippen molar-refractivity contribution in [2.75, 3.05) is 46.9 Å². The molecule has 0 amide bonds. The van der Waals surface area contributed by atoms with Gasteiger partial charge in [-0.3, -0.25) is 0 Å². The van der Waals surface area contributed by atoms with Gasteiger partial charge in [-0.1, -0.05) is 12.8 Å². The van der Waals surface area contributed by atoms with E-state index in [0.717, 1.165) is 25.6 Å². The molecule has 0 aliphatic heterocycles. The molecule has 3 nitrogen and oxygen atoms in total. The summed E-state index contributed by atoms with van der Waals surface area (Å²) in [6.45, 7) is 5.42. The molecule has 0 aromatic carbocycles. The standard InChI is InChI=1S/C13H28N2O/c1-15(12-13-6-3-4-7-13)10-5-8-14-9-11-16-2/h13-14H,3-12H2,1-2H3. The average Bonchev–Trinajstić information content (AvgIpc) is 2.76. The summed E-state index contributed by atoms with van der Waals surface area (Å²) < 4.78 is 4.99. The van der Waals surface area contributed by atoms with Crippen LogP contribution in [0.5, 0.6) is 0 Å². The first-order valence-electron chi connectivity index (χ1n) is 6.71. The van der Waals surface area contributed by atoms with Crippen molar-refractivity contribution in [1.82, 2.24) is 10.2 Å². The van der Waals surface area contributed by atoms with Crippen LogP contribution in [0.2, 0.25) is 0 Å². The molecular weight excluding hydrogens is 200 g/mol. The second kappa shape index (κ2) is 8.97. The largest absolute Gasteiger partial charge is 0.383 e. The van der Waals surface area contributed by atoms with E-state index in [1.165, 1.54) is 45.2 Å². The predicted octanol–water partition coefficient (Wildman–Crippen LogP) is 1.73. The van der Waals surface area contributed by atoms with Crippen LogP contribution in [0.15, 0.2) is 0 Å². The lowest BCUT2D eigenvalue weighted by atomic mass is 10.1. The third-order valence-electron chi connectivity index (χ3n) is 3.42. The van der Waals surface area contributed by atoms with Crippen molar-refractivity contribution in [3.05, 3.63) is 0 Å². The number of methoxy groups -OCH3 is 1. The molecule has 0 atom stereocenters. The van der Waals surface area contributed by atoms with Crippen molar-refractivity contribution >= 4 is 0 Å². The van der Waals surface area contributed by atoms with Crippen molar-refractivity contribution in [2.24, 2.45) is 5.92 Å². The Morgan fingerprint density at radius 3 is 2.69 bits per heavy atom. The van der Waals surface area contributed by atoms with E-state index in [1.807, 2.05) is 0 Å². The lowest BCUT2D eigenvalue weighted by Crippen LogP contribution is -2.28. The Kier molecular flexibility index (Phi) is 7.81. The van der Waals surface area contributed by atoms with Gasteiger partial charge in [0.25, 0.3) is 0 Å². The first kappa shape index (κ1) is 13.9. The van der Waals surface area contributed by atoms with Crippen molar-refractivity contribution in [2.45, 2.75) is 32.1 Å². The minimum atomic E-state index is 0.817. The van der Waals surface area contributed by atoms with E-state index in [1.54, 1.807) is 7.11 Å². The SMILES string of the molecule is COCCNCCCN(C)CC1CCCC1. The Labute approximate surface area is 101 Å². The van der Waals surface area contributed by atoms with Gasteiger partial charge in [0.2, 0.25) is 0 Å². The third-order valence-corrected chi connectivity index (χ3v) is 3.42. The fourth-order valence-corrected chi connectivity index (χ4v) is 2.50. The lowest BCUT2D eigenvalue weighted by Gasteiger charge is -2.20. The van der Waals surface area contributed by atoms with E-state index in [9.17, 15) is 0 Å². The summed E-state index contributed by atoms with van der Waals surface area (Å²) in [6, 6.07) is 0. The highest BCUT2D eigenvalue weighted by Gasteiger charge is 2.16. The normalized spacial score (nSPS) is 17.4. The van der Waals surface area contributed by atoms with Crippen molar-refractivity contribution < 1.29 is 4.74 Å². The van der Waals surface area contributed by atoms with Crippen LogP contribution in [-0.2, 0) is 4.74 Å². The van der Waals surface area contributed by atoms with Crippen LogP contribution >= 0.6 is 0 Å². The van der Waals surface area contributed by atoms with E-state index in [0.29, 0.717) is 0 Å². The minimum Gasteiger partial charge on any atom is -0.383 e. The van der Waals surface area contributed by atoms with E-state index in [-0.39, 0.29) is 0 Å². The van der Waals surface area contributed by atoms with E-state index >= 15 is 0 Å². The zero-order valence-electron chi connectivity index (χ0n) is 11.0. The van der Waals surface area contributed by atoms with Gasteiger partial charge in [-0.25, -0.2) is 0 Å². The average molecular weight is 228 g/mol. The maximum atomic E-state index is 4.99. The van der Waals surface area contributed by atoms with Crippen LogP contribution in [0.4, 0.5) is 0 Å². The fourth-order valence-electron chi connectivity index (χ4n) is 2.50. The number of ether oxygens (including phenoxy) is 1. The third kappa shape index (κ3) is 6.46. The monoisotopic (exact) mass is 228 g/mol. The highest BCUT2D eigenvalue weighted by molar-refractivity contribution is 4.70. The second-order valence-electron chi connectivity index (χ2n) is 5.01. The molecule has 0 saturated heterocycles. The Bertz CT molecular complexity index is 158. The van der Waals surface area contributed by atoms with Crippen LogP contribution in [0.25, 0.3) is 0 Å². The number of rotatable bonds is 9. The van der Waals surface area contributed by atoms with Gasteiger partial charge in [-0.05, 0) is 45.3 Å². The van der Waals surface area contributed by atoms with Gasteiger partial charge in [-0.2, -0.15) is 0 Å². The highest BCUT2D eigenvalue weighted by Crippen LogP contribution is 2.24. The van der Waals surface area contributed by atoms with Crippen molar-refractivity contribution in [3.8, 4) is 0 Å². The molecule has 0 spiro atoms. The van der Waals surface area contributed by atoms with Gasteiger partial charge in [0.1, 0.15) is 0 Å². The zero-order valence-corrected chi connectivity index (χ0v) is 11.0. The number of nitrogens with zero attached hydrogens (tertiary/aromatic N) is 1.